The van der Waals surface area contributed by atoms with E-state index in [1.54, 1.807) is 0 Å². The predicted molar refractivity (Wildman–Crippen MR) is 57.7 cm³/mol. The fraction of sp³-hybridized carbons (Fsp3) is 0.909. The lowest BCUT2D eigenvalue weighted by atomic mass is 10.1. The first kappa shape index (κ1) is 10.7. The molecular weight excluding hydrogens is 192 g/mol. The molecule has 2 rings (SSSR count). The second-order valence-corrected chi connectivity index (χ2v) is 4.79. The molecule has 0 spiro atoms. The third kappa shape index (κ3) is 3.09. The van der Waals surface area contributed by atoms with Crippen molar-refractivity contribution in [2.75, 3.05) is 13.2 Å². The highest BCUT2D eigenvalue weighted by atomic mass is 16.5. The maximum absolute atomic E-state index is 11.6. The van der Waals surface area contributed by atoms with Crippen molar-refractivity contribution in [2.45, 2.75) is 44.7 Å². The molecule has 0 aromatic heterocycles. The van der Waals surface area contributed by atoms with Crippen molar-refractivity contribution in [2.24, 2.45) is 5.92 Å². The van der Waals surface area contributed by atoms with E-state index in [0.717, 1.165) is 31.8 Å². The number of urea groups is 1. The summed E-state index contributed by atoms with van der Waals surface area (Å²) in [4.78, 5) is 11.6. The van der Waals surface area contributed by atoms with Crippen LogP contribution in [0.25, 0.3) is 0 Å². The van der Waals surface area contributed by atoms with E-state index in [1.807, 2.05) is 0 Å². The van der Waals surface area contributed by atoms with Gasteiger partial charge in [0, 0.05) is 12.6 Å². The Bertz CT molecular complexity index is 227. The maximum atomic E-state index is 11.6. The molecule has 4 heteroatoms. The summed E-state index contributed by atoms with van der Waals surface area (Å²) in [5.74, 6) is 0.755. The van der Waals surface area contributed by atoms with Crippen LogP contribution in [-0.2, 0) is 4.74 Å². The number of hydrogen-bond acceptors (Lipinski definition) is 2. The lowest BCUT2D eigenvalue weighted by molar-refractivity contribution is 0.188. The van der Waals surface area contributed by atoms with Gasteiger partial charge in [0.15, 0.2) is 0 Å². The van der Waals surface area contributed by atoms with Gasteiger partial charge >= 0.3 is 6.03 Å². The van der Waals surface area contributed by atoms with E-state index in [2.05, 4.69) is 17.6 Å². The molecule has 4 nitrogen and oxygen atoms in total. The summed E-state index contributed by atoms with van der Waals surface area (Å²) < 4.78 is 5.20. The van der Waals surface area contributed by atoms with Crippen LogP contribution < -0.4 is 10.6 Å². The van der Waals surface area contributed by atoms with E-state index < -0.39 is 0 Å². The number of hydrogen-bond donors (Lipinski definition) is 2. The normalized spacial score (nSPS) is 35.4. The highest BCUT2D eigenvalue weighted by Crippen LogP contribution is 2.24. The molecule has 0 radical (unpaired) electrons. The molecule has 15 heavy (non-hydrogen) atoms. The molecule has 1 saturated heterocycles. The topological polar surface area (TPSA) is 50.4 Å². The van der Waals surface area contributed by atoms with Crippen LogP contribution in [0, 0.1) is 5.92 Å². The van der Waals surface area contributed by atoms with Crippen molar-refractivity contribution in [3.8, 4) is 0 Å². The zero-order chi connectivity index (χ0) is 10.7. The van der Waals surface area contributed by atoms with Crippen molar-refractivity contribution in [1.82, 2.24) is 10.6 Å². The van der Waals surface area contributed by atoms with Gasteiger partial charge in [0.05, 0.1) is 12.6 Å². The Labute approximate surface area is 90.8 Å². The maximum Gasteiger partial charge on any atom is 0.315 e. The largest absolute Gasteiger partial charge is 0.379 e. The molecule has 1 heterocycles. The van der Waals surface area contributed by atoms with Crippen LogP contribution in [0.2, 0.25) is 0 Å². The molecule has 0 aromatic rings. The van der Waals surface area contributed by atoms with Crippen LogP contribution in [-0.4, -0.2) is 31.3 Å². The van der Waals surface area contributed by atoms with Gasteiger partial charge in [0.2, 0.25) is 0 Å². The molecule has 0 aromatic carbocycles. The van der Waals surface area contributed by atoms with E-state index in [4.69, 9.17) is 4.74 Å². The molecule has 3 atom stereocenters. The lowest BCUT2D eigenvalue weighted by Crippen LogP contribution is -2.45. The lowest BCUT2D eigenvalue weighted by Gasteiger charge is -2.16. The number of amides is 2. The van der Waals surface area contributed by atoms with Crippen molar-refractivity contribution in [1.29, 1.82) is 0 Å². The van der Waals surface area contributed by atoms with Crippen molar-refractivity contribution in [3.63, 3.8) is 0 Å². The SMILES string of the molecule is CC1CCC(NC(=O)NC2CCOC2)C1. The highest BCUT2D eigenvalue weighted by Gasteiger charge is 2.24. The summed E-state index contributed by atoms with van der Waals surface area (Å²) in [6.45, 7) is 3.67. The van der Waals surface area contributed by atoms with E-state index >= 15 is 0 Å². The first-order valence-electron chi connectivity index (χ1n) is 5.89. The van der Waals surface area contributed by atoms with E-state index in [-0.39, 0.29) is 12.1 Å². The highest BCUT2D eigenvalue weighted by molar-refractivity contribution is 5.74. The van der Waals surface area contributed by atoms with Gasteiger partial charge in [-0.05, 0) is 31.6 Å². The zero-order valence-corrected chi connectivity index (χ0v) is 9.29. The molecule has 0 bridgehead atoms. The van der Waals surface area contributed by atoms with Gasteiger partial charge in [0.25, 0.3) is 0 Å². The van der Waals surface area contributed by atoms with Crippen LogP contribution in [0.3, 0.4) is 0 Å². The van der Waals surface area contributed by atoms with Gasteiger partial charge in [-0.25, -0.2) is 4.79 Å². The molecule has 1 aliphatic carbocycles. The molecule has 2 N–H and O–H groups in total. The molecule has 2 amide bonds. The Kier molecular flexibility index (Phi) is 3.46. The molecule has 86 valence electrons. The summed E-state index contributed by atoms with van der Waals surface area (Å²) in [6, 6.07) is 0.566. The fourth-order valence-corrected chi connectivity index (χ4v) is 2.40. The standard InChI is InChI=1S/C11H20N2O2/c1-8-2-3-9(6-8)12-11(14)13-10-4-5-15-7-10/h8-10H,2-7H2,1H3,(H2,12,13,14). The Morgan fingerprint density at radius 3 is 2.60 bits per heavy atom. The van der Waals surface area contributed by atoms with Gasteiger partial charge in [-0.1, -0.05) is 6.92 Å². The second kappa shape index (κ2) is 4.84. The summed E-state index contributed by atoms with van der Waals surface area (Å²) in [7, 11) is 0. The quantitative estimate of drug-likeness (QED) is 0.724. The van der Waals surface area contributed by atoms with Gasteiger partial charge < -0.3 is 15.4 Å². The molecule has 2 fully saturated rings. The number of carbonyl (C=O) groups is 1. The minimum absolute atomic E-state index is 0.0235. The van der Waals surface area contributed by atoms with Crippen LogP contribution in [0.4, 0.5) is 4.79 Å². The smallest absolute Gasteiger partial charge is 0.315 e. The monoisotopic (exact) mass is 212 g/mol. The first-order chi connectivity index (χ1) is 7.24. The summed E-state index contributed by atoms with van der Waals surface area (Å²) >= 11 is 0. The number of rotatable bonds is 2. The van der Waals surface area contributed by atoms with Crippen molar-refractivity contribution in [3.05, 3.63) is 0 Å². The molecular formula is C11H20N2O2. The Morgan fingerprint density at radius 2 is 2.00 bits per heavy atom. The predicted octanol–water partition coefficient (Wildman–Crippen LogP) is 1.26. The fourth-order valence-electron chi connectivity index (χ4n) is 2.40. The van der Waals surface area contributed by atoms with Crippen molar-refractivity contribution < 1.29 is 9.53 Å². The van der Waals surface area contributed by atoms with Crippen molar-refractivity contribution >= 4 is 6.03 Å². The Balaban J connectivity index is 1.67. The first-order valence-corrected chi connectivity index (χ1v) is 5.89. The van der Waals surface area contributed by atoms with Crippen LogP contribution in [0.15, 0.2) is 0 Å². The van der Waals surface area contributed by atoms with Gasteiger partial charge in [0.1, 0.15) is 0 Å². The summed E-state index contributed by atoms with van der Waals surface area (Å²) in [5.41, 5.74) is 0. The third-order valence-corrected chi connectivity index (χ3v) is 3.29. The van der Waals surface area contributed by atoms with Gasteiger partial charge in [-0.15, -0.1) is 0 Å². The summed E-state index contributed by atoms with van der Waals surface area (Å²) in [5, 5.41) is 5.98. The van der Waals surface area contributed by atoms with E-state index in [1.165, 1.54) is 6.42 Å². The molecule has 1 saturated carbocycles. The number of ether oxygens (including phenoxy) is 1. The Morgan fingerprint density at radius 1 is 1.20 bits per heavy atom. The van der Waals surface area contributed by atoms with Gasteiger partial charge in [-0.2, -0.15) is 0 Å². The number of nitrogens with one attached hydrogen (secondary N) is 2. The van der Waals surface area contributed by atoms with Gasteiger partial charge in [-0.3, -0.25) is 0 Å². The molecule has 1 aliphatic heterocycles. The van der Waals surface area contributed by atoms with Crippen LogP contribution >= 0.6 is 0 Å². The number of carbonyl (C=O) groups excluding carboxylic acids is 1. The van der Waals surface area contributed by atoms with E-state index in [0.29, 0.717) is 12.6 Å². The average molecular weight is 212 g/mol. The summed E-state index contributed by atoms with van der Waals surface area (Å²) in [6.07, 6.45) is 4.41. The minimum Gasteiger partial charge on any atom is -0.379 e. The minimum atomic E-state index is -0.0235. The zero-order valence-electron chi connectivity index (χ0n) is 9.29. The molecule has 3 unspecified atom stereocenters. The van der Waals surface area contributed by atoms with Crippen LogP contribution in [0.5, 0.6) is 0 Å². The average Bonchev–Trinajstić information content (AvgIpc) is 2.77. The third-order valence-electron chi connectivity index (χ3n) is 3.29. The van der Waals surface area contributed by atoms with E-state index in [9.17, 15) is 4.79 Å². The van der Waals surface area contributed by atoms with Crippen LogP contribution in [0.1, 0.15) is 32.6 Å². The Hall–Kier alpha value is -0.770. The second-order valence-electron chi connectivity index (χ2n) is 4.79. The molecule has 2 aliphatic rings.